The Hall–Kier alpha value is -2.62. The first-order valence-corrected chi connectivity index (χ1v) is 9.35. The largest absolute Gasteiger partial charge is 0.355 e. The highest BCUT2D eigenvalue weighted by Gasteiger charge is 2.14. The Balaban J connectivity index is 1.87. The molecule has 1 N–H and O–H groups in total. The summed E-state index contributed by atoms with van der Waals surface area (Å²) in [6.07, 6.45) is 1.23. The summed E-state index contributed by atoms with van der Waals surface area (Å²) in [5.74, 6) is 0.00809. The van der Waals surface area contributed by atoms with Crippen LogP contribution in [-0.2, 0) is 23.2 Å². The van der Waals surface area contributed by atoms with Crippen molar-refractivity contribution in [3.63, 3.8) is 0 Å². The molecule has 0 saturated heterocycles. The molecule has 0 aliphatic rings. The molecular formula is C23H30N2O2. The van der Waals surface area contributed by atoms with Gasteiger partial charge in [0.2, 0.25) is 5.91 Å². The van der Waals surface area contributed by atoms with Crippen molar-refractivity contribution >= 4 is 11.8 Å². The van der Waals surface area contributed by atoms with Gasteiger partial charge in [0.05, 0.1) is 0 Å². The van der Waals surface area contributed by atoms with Crippen molar-refractivity contribution in [1.82, 2.24) is 10.2 Å². The molecule has 27 heavy (non-hydrogen) atoms. The fraction of sp³-hybridized carbons (Fsp3) is 0.391. The molecule has 0 saturated carbocycles. The highest BCUT2D eigenvalue weighted by Crippen LogP contribution is 2.22. The average molecular weight is 367 g/mol. The van der Waals surface area contributed by atoms with E-state index in [-0.39, 0.29) is 17.2 Å². The van der Waals surface area contributed by atoms with E-state index in [0.29, 0.717) is 18.5 Å². The predicted octanol–water partition coefficient (Wildman–Crippen LogP) is 3.93. The minimum absolute atomic E-state index is 0.108. The van der Waals surface area contributed by atoms with Gasteiger partial charge in [-0.05, 0) is 40.7 Å². The lowest BCUT2D eigenvalue weighted by Gasteiger charge is -2.19. The van der Waals surface area contributed by atoms with Crippen LogP contribution in [0.25, 0.3) is 0 Å². The SMILES string of the molecule is CNC(=O)c1ccc(CN(C)C(=O)CCc2ccc(C(C)(C)C)cc2)cc1. The molecule has 0 heterocycles. The van der Waals surface area contributed by atoms with E-state index in [9.17, 15) is 9.59 Å². The van der Waals surface area contributed by atoms with Gasteiger partial charge in [-0.15, -0.1) is 0 Å². The Morgan fingerprint density at radius 2 is 1.48 bits per heavy atom. The van der Waals surface area contributed by atoms with Crippen molar-refractivity contribution in [2.24, 2.45) is 0 Å². The summed E-state index contributed by atoms with van der Waals surface area (Å²) in [7, 11) is 3.43. The molecule has 0 unspecified atom stereocenters. The number of amides is 2. The summed E-state index contributed by atoms with van der Waals surface area (Å²) in [6.45, 7) is 7.13. The van der Waals surface area contributed by atoms with Gasteiger partial charge in [0.25, 0.3) is 5.91 Å². The number of nitrogens with zero attached hydrogens (tertiary/aromatic N) is 1. The lowest BCUT2D eigenvalue weighted by Crippen LogP contribution is -2.26. The molecule has 0 atom stereocenters. The Morgan fingerprint density at radius 1 is 0.926 bits per heavy atom. The summed E-state index contributed by atoms with van der Waals surface area (Å²) in [4.78, 5) is 25.7. The van der Waals surface area contributed by atoms with Crippen molar-refractivity contribution in [2.45, 2.75) is 45.6 Å². The van der Waals surface area contributed by atoms with E-state index >= 15 is 0 Å². The monoisotopic (exact) mass is 366 g/mol. The molecule has 0 aliphatic carbocycles. The average Bonchev–Trinajstić information content (AvgIpc) is 2.65. The standard InChI is InChI=1S/C23H30N2O2/c1-23(2,3)20-13-8-17(9-14-20)10-15-21(26)25(5)16-18-6-11-19(12-7-18)22(27)24-4/h6-9,11-14H,10,15-16H2,1-5H3,(H,24,27). The normalized spacial score (nSPS) is 11.1. The first-order chi connectivity index (χ1) is 12.7. The molecule has 0 fully saturated rings. The molecule has 0 spiro atoms. The van der Waals surface area contributed by atoms with Gasteiger partial charge in [0.1, 0.15) is 0 Å². The highest BCUT2D eigenvalue weighted by molar-refractivity contribution is 5.93. The van der Waals surface area contributed by atoms with E-state index < -0.39 is 0 Å². The molecule has 4 nitrogen and oxygen atoms in total. The van der Waals surface area contributed by atoms with Crippen molar-refractivity contribution in [1.29, 1.82) is 0 Å². The number of carbonyl (C=O) groups excluding carboxylic acids is 2. The molecule has 144 valence electrons. The Kier molecular flexibility index (Phi) is 6.78. The van der Waals surface area contributed by atoms with Crippen LogP contribution in [0.5, 0.6) is 0 Å². The Labute approximate surface area is 162 Å². The summed E-state index contributed by atoms with van der Waals surface area (Å²) in [5, 5.41) is 2.60. The van der Waals surface area contributed by atoms with Crippen LogP contribution in [0.4, 0.5) is 0 Å². The number of hydrogen-bond donors (Lipinski definition) is 1. The van der Waals surface area contributed by atoms with Crippen LogP contribution >= 0.6 is 0 Å². The minimum Gasteiger partial charge on any atom is -0.355 e. The zero-order chi connectivity index (χ0) is 20.0. The van der Waals surface area contributed by atoms with E-state index in [0.717, 1.165) is 12.0 Å². The van der Waals surface area contributed by atoms with Crippen LogP contribution in [0.1, 0.15) is 54.2 Å². The van der Waals surface area contributed by atoms with Gasteiger partial charge in [-0.3, -0.25) is 9.59 Å². The molecule has 2 aromatic rings. The summed E-state index contributed by atoms with van der Waals surface area (Å²) < 4.78 is 0. The Bertz CT molecular complexity index is 772. The van der Waals surface area contributed by atoms with Crippen LogP contribution in [0, 0.1) is 0 Å². The lowest BCUT2D eigenvalue weighted by molar-refractivity contribution is -0.130. The predicted molar refractivity (Wildman–Crippen MR) is 110 cm³/mol. The fourth-order valence-corrected chi connectivity index (χ4v) is 2.88. The molecular weight excluding hydrogens is 336 g/mol. The van der Waals surface area contributed by atoms with E-state index in [1.165, 1.54) is 11.1 Å². The van der Waals surface area contributed by atoms with Gasteiger partial charge in [-0.1, -0.05) is 57.2 Å². The first kappa shape index (κ1) is 20.7. The van der Waals surface area contributed by atoms with E-state index in [1.54, 1.807) is 24.1 Å². The van der Waals surface area contributed by atoms with Crippen LogP contribution in [-0.4, -0.2) is 30.8 Å². The van der Waals surface area contributed by atoms with E-state index in [1.807, 2.05) is 19.2 Å². The Morgan fingerprint density at radius 3 is 2.00 bits per heavy atom. The second-order valence-electron chi connectivity index (χ2n) is 7.97. The summed E-state index contributed by atoms with van der Waals surface area (Å²) >= 11 is 0. The number of rotatable bonds is 6. The zero-order valence-corrected chi connectivity index (χ0v) is 17.0. The zero-order valence-electron chi connectivity index (χ0n) is 17.0. The maximum absolute atomic E-state index is 12.4. The second kappa shape index (κ2) is 8.85. The van der Waals surface area contributed by atoms with Crippen molar-refractivity contribution in [3.05, 3.63) is 70.8 Å². The number of hydrogen-bond acceptors (Lipinski definition) is 2. The van der Waals surface area contributed by atoms with Gasteiger partial charge in [-0.25, -0.2) is 0 Å². The topological polar surface area (TPSA) is 49.4 Å². The van der Waals surface area contributed by atoms with Crippen molar-refractivity contribution in [3.8, 4) is 0 Å². The quantitative estimate of drug-likeness (QED) is 0.842. The molecule has 0 aliphatic heterocycles. The van der Waals surface area contributed by atoms with Gasteiger partial charge < -0.3 is 10.2 Å². The van der Waals surface area contributed by atoms with Crippen LogP contribution in [0.2, 0.25) is 0 Å². The summed E-state index contributed by atoms with van der Waals surface area (Å²) in [6, 6.07) is 15.9. The summed E-state index contributed by atoms with van der Waals surface area (Å²) in [5.41, 5.74) is 4.25. The van der Waals surface area contributed by atoms with E-state index in [4.69, 9.17) is 0 Å². The highest BCUT2D eigenvalue weighted by atomic mass is 16.2. The minimum atomic E-state index is -0.108. The number of carbonyl (C=O) groups is 2. The van der Waals surface area contributed by atoms with Gasteiger partial charge in [-0.2, -0.15) is 0 Å². The fourth-order valence-electron chi connectivity index (χ4n) is 2.88. The molecule has 4 heteroatoms. The molecule has 0 radical (unpaired) electrons. The van der Waals surface area contributed by atoms with Crippen LogP contribution < -0.4 is 5.32 Å². The van der Waals surface area contributed by atoms with Gasteiger partial charge in [0.15, 0.2) is 0 Å². The van der Waals surface area contributed by atoms with Crippen LogP contribution in [0.3, 0.4) is 0 Å². The van der Waals surface area contributed by atoms with Crippen molar-refractivity contribution in [2.75, 3.05) is 14.1 Å². The maximum Gasteiger partial charge on any atom is 0.251 e. The third kappa shape index (κ3) is 5.95. The molecule has 2 rings (SSSR count). The molecule has 2 amide bonds. The third-order valence-corrected chi connectivity index (χ3v) is 4.74. The van der Waals surface area contributed by atoms with Gasteiger partial charge >= 0.3 is 0 Å². The van der Waals surface area contributed by atoms with E-state index in [2.05, 4.69) is 50.4 Å². The second-order valence-corrected chi connectivity index (χ2v) is 7.97. The van der Waals surface area contributed by atoms with Crippen LogP contribution in [0.15, 0.2) is 48.5 Å². The van der Waals surface area contributed by atoms with Gasteiger partial charge in [0, 0.05) is 32.6 Å². The number of nitrogens with one attached hydrogen (secondary N) is 1. The number of aryl methyl sites for hydroxylation is 1. The maximum atomic E-state index is 12.4. The first-order valence-electron chi connectivity index (χ1n) is 9.35. The number of benzene rings is 2. The van der Waals surface area contributed by atoms with Crippen molar-refractivity contribution < 1.29 is 9.59 Å². The molecule has 2 aromatic carbocycles. The molecule has 0 bridgehead atoms. The third-order valence-electron chi connectivity index (χ3n) is 4.74. The smallest absolute Gasteiger partial charge is 0.251 e. The molecule has 0 aromatic heterocycles. The lowest BCUT2D eigenvalue weighted by atomic mass is 9.86.